The van der Waals surface area contributed by atoms with Crippen molar-refractivity contribution in [3.8, 4) is 0 Å². The van der Waals surface area contributed by atoms with Gasteiger partial charge in [0.05, 0.1) is 0 Å². The van der Waals surface area contributed by atoms with Crippen molar-refractivity contribution in [1.29, 1.82) is 0 Å². The average Bonchev–Trinajstić information content (AvgIpc) is 2.62. The molecule has 0 spiro atoms. The number of hydrogen-bond acceptors (Lipinski definition) is 0. The second-order valence-electron chi connectivity index (χ2n) is 6.60. The van der Waals surface area contributed by atoms with Gasteiger partial charge in [0.1, 0.15) is 0 Å². The Morgan fingerprint density at radius 2 is 0.875 bits per heavy atom. The van der Waals surface area contributed by atoms with Crippen LogP contribution < -0.4 is 15.9 Å². The fourth-order valence-electron chi connectivity index (χ4n) is 3.63. The molecule has 126 valence electrons. The second kappa shape index (κ2) is 8.60. The first-order chi connectivity index (χ1) is 11.2. The summed E-state index contributed by atoms with van der Waals surface area (Å²) in [5.74, 6) is 0.655. The van der Waals surface area contributed by atoms with Crippen molar-refractivity contribution in [3.63, 3.8) is 0 Å². The van der Waals surface area contributed by atoms with Gasteiger partial charge in [-0.15, -0.1) is 17.0 Å². The van der Waals surface area contributed by atoms with Gasteiger partial charge >= 0.3 is 140 Å². The molecule has 3 aromatic rings. The van der Waals surface area contributed by atoms with E-state index < -0.39 is 7.26 Å². The SMILES string of the molecule is Br.CC(C)C[PH](c1ccccc1)(c1ccccc1)c1ccccc1. The normalized spacial score (nSPS) is 11.8. The molecule has 0 saturated heterocycles. The standard InChI is InChI=1S/C22H25P.BrH/c1-19(2)18-23(20-12-6-3-7-13-20,21-14-8-4-9-15-21)22-16-10-5-11-17-22;/h3-17,19,23H,18H2,1-2H3;1H. The summed E-state index contributed by atoms with van der Waals surface area (Å²) in [5, 5.41) is 4.52. The van der Waals surface area contributed by atoms with Crippen LogP contribution in [-0.4, -0.2) is 6.16 Å². The first kappa shape index (κ1) is 18.9. The minimum absolute atomic E-state index is 0. The minimum atomic E-state index is -1.99. The zero-order valence-corrected chi connectivity index (χ0v) is 17.1. The molecule has 3 rings (SSSR count). The van der Waals surface area contributed by atoms with E-state index in [9.17, 15) is 0 Å². The van der Waals surface area contributed by atoms with Crippen LogP contribution >= 0.6 is 24.2 Å². The molecule has 0 N–H and O–H groups in total. The van der Waals surface area contributed by atoms with Gasteiger partial charge < -0.3 is 0 Å². The molecule has 0 unspecified atom stereocenters. The molecule has 0 aliphatic carbocycles. The second-order valence-corrected chi connectivity index (χ2v) is 10.6. The Balaban J connectivity index is 0.00000208. The van der Waals surface area contributed by atoms with Crippen LogP contribution in [0, 0.1) is 5.92 Å². The van der Waals surface area contributed by atoms with Crippen LogP contribution in [0.25, 0.3) is 0 Å². The molecule has 0 aromatic heterocycles. The van der Waals surface area contributed by atoms with Crippen molar-refractivity contribution in [3.05, 3.63) is 91.0 Å². The van der Waals surface area contributed by atoms with Gasteiger partial charge in [0.25, 0.3) is 0 Å². The Morgan fingerprint density at radius 1 is 0.583 bits per heavy atom. The third kappa shape index (κ3) is 3.79. The van der Waals surface area contributed by atoms with E-state index in [4.69, 9.17) is 0 Å². The summed E-state index contributed by atoms with van der Waals surface area (Å²) in [5.41, 5.74) is 0. The van der Waals surface area contributed by atoms with Crippen molar-refractivity contribution < 1.29 is 0 Å². The van der Waals surface area contributed by atoms with Gasteiger partial charge in [0.2, 0.25) is 0 Å². The van der Waals surface area contributed by atoms with E-state index in [-0.39, 0.29) is 17.0 Å². The molecule has 0 atom stereocenters. The predicted octanol–water partition coefficient (Wildman–Crippen LogP) is 4.95. The van der Waals surface area contributed by atoms with Crippen LogP contribution in [0.15, 0.2) is 91.0 Å². The van der Waals surface area contributed by atoms with Crippen LogP contribution in [0.2, 0.25) is 0 Å². The third-order valence-electron chi connectivity index (χ3n) is 4.51. The Labute approximate surface area is 157 Å². The molecule has 3 aromatic carbocycles. The maximum atomic E-state index is 2.34. The van der Waals surface area contributed by atoms with Gasteiger partial charge in [0.15, 0.2) is 0 Å². The third-order valence-corrected chi connectivity index (χ3v) is 9.90. The van der Waals surface area contributed by atoms with Crippen LogP contribution in [0.5, 0.6) is 0 Å². The topological polar surface area (TPSA) is 0 Å². The van der Waals surface area contributed by atoms with E-state index in [0.29, 0.717) is 5.92 Å². The molecule has 2 heteroatoms. The molecule has 24 heavy (non-hydrogen) atoms. The molecule has 0 amide bonds. The molecule has 0 nitrogen and oxygen atoms in total. The zero-order valence-electron chi connectivity index (χ0n) is 14.4. The van der Waals surface area contributed by atoms with E-state index >= 15 is 0 Å². The summed E-state index contributed by atoms with van der Waals surface area (Å²) < 4.78 is 0. The van der Waals surface area contributed by atoms with Crippen molar-refractivity contribution >= 4 is 40.2 Å². The summed E-state index contributed by atoms with van der Waals surface area (Å²) >= 11 is 0. The molecule has 0 aliphatic rings. The van der Waals surface area contributed by atoms with Gasteiger partial charge in [-0.1, -0.05) is 0 Å². The first-order valence-corrected chi connectivity index (χ1v) is 10.6. The van der Waals surface area contributed by atoms with Crippen molar-refractivity contribution in [2.75, 3.05) is 6.16 Å². The fourth-order valence-corrected chi connectivity index (χ4v) is 8.85. The van der Waals surface area contributed by atoms with Crippen molar-refractivity contribution in [2.45, 2.75) is 13.8 Å². The van der Waals surface area contributed by atoms with Crippen molar-refractivity contribution in [1.82, 2.24) is 0 Å². The first-order valence-electron chi connectivity index (χ1n) is 8.40. The van der Waals surface area contributed by atoms with Crippen LogP contribution in [0.3, 0.4) is 0 Å². The van der Waals surface area contributed by atoms with Crippen LogP contribution in [0.4, 0.5) is 0 Å². The molecule has 0 heterocycles. The average molecular weight is 401 g/mol. The maximum absolute atomic E-state index is 2.34. The van der Waals surface area contributed by atoms with Gasteiger partial charge in [-0.25, -0.2) is 0 Å². The molecular formula is C22H26BrP. The van der Waals surface area contributed by atoms with Gasteiger partial charge in [0, 0.05) is 0 Å². The monoisotopic (exact) mass is 400 g/mol. The van der Waals surface area contributed by atoms with Crippen LogP contribution in [0.1, 0.15) is 13.8 Å². The summed E-state index contributed by atoms with van der Waals surface area (Å²) in [7, 11) is -1.99. The Morgan fingerprint density at radius 3 is 1.12 bits per heavy atom. The van der Waals surface area contributed by atoms with Crippen LogP contribution in [-0.2, 0) is 0 Å². The summed E-state index contributed by atoms with van der Waals surface area (Å²) in [4.78, 5) is 0. The number of hydrogen-bond donors (Lipinski definition) is 0. The van der Waals surface area contributed by atoms with E-state index in [1.807, 2.05) is 0 Å². The fraction of sp³-hybridized carbons (Fsp3) is 0.182. The predicted molar refractivity (Wildman–Crippen MR) is 117 cm³/mol. The molecular weight excluding hydrogens is 375 g/mol. The molecule has 0 saturated carbocycles. The van der Waals surface area contributed by atoms with E-state index in [1.165, 1.54) is 22.1 Å². The zero-order chi connectivity index (χ0) is 16.1. The molecule has 0 radical (unpaired) electrons. The number of benzene rings is 3. The Kier molecular flexibility index (Phi) is 6.78. The number of rotatable bonds is 5. The summed E-state index contributed by atoms with van der Waals surface area (Å²) in [6.07, 6.45) is 1.23. The molecule has 0 bridgehead atoms. The van der Waals surface area contributed by atoms with Gasteiger partial charge in [-0.3, -0.25) is 0 Å². The van der Waals surface area contributed by atoms with E-state index in [1.54, 1.807) is 0 Å². The van der Waals surface area contributed by atoms with Gasteiger partial charge in [-0.2, -0.15) is 0 Å². The van der Waals surface area contributed by atoms with E-state index in [0.717, 1.165) is 0 Å². The Hall–Kier alpha value is -1.43. The number of halogens is 1. The van der Waals surface area contributed by atoms with Crippen molar-refractivity contribution in [2.24, 2.45) is 5.92 Å². The van der Waals surface area contributed by atoms with Gasteiger partial charge in [-0.05, 0) is 0 Å². The Bertz CT molecular complexity index is 627. The summed E-state index contributed by atoms with van der Waals surface area (Å²) in [6.45, 7) is 4.69. The summed E-state index contributed by atoms with van der Waals surface area (Å²) in [6, 6.07) is 33.4. The molecule has 0 fully saturated rings. The van der Waals surface area contributed by atoms with E-state index in [2.05, 4.69) is 105 Å². The quantitative estimate of drug-likeness (QED) is 0.531. The molecule has 0 aliphatic heterocycles.